The number of ether oxygens (including phenoxy) is 1. The van der Waals surface area contributed by atoms with E-state index in [1.807, 2.05) is 6.07 Å². The summed E-state index contributed by atoms with van der Waals surface area (Å²) < 4.78 is 5.04. The molecule has 16 heavy (non-hydrogen) atoms. The van der Waals surface area contributed by atoms with E-state index in [-0.39, 0.29) is 5.92 Å². The molecule has 2 unspecified atom stereocenters. The summed E-state index contributed by atoms with van der Waals surface area (Å²) in [7, 11) is 1.56. The Bertz CT molecular complexity index is 428. The number of carboxylic acid groups (broad SMARTS) is 1. The maximum atomic E-state index is 11.4. The van der Waals surface area contributed by atoms with E-state index in [0.717, 1.165) is 9.94 Å². The summed E-state index contributed by atoms with van der Waals surface area (Å²) in [5, 5.41) is 12.3. The predicted octanol–water partition coefficient (Wildman–Crippen LogP) is 0.671. The van der Waals surface area contributed by atoms with Crippen LogP contribution in [-0.4, -0.2) is 30.6 Å². The summed E-state index contributed by atoms with van der Waals surface area (Å²) in [6.45, 7) is 0.374. The highest BCUT2D eigenvalue weighted by Crippen LogP contribution is 2.36. The summed E-state index contributed by atoms with van der Waals surface area (Å²) >= 11 is 1.38. The normalized spacial score (nSPS) is 24.2. The minimum Gasteiger partial charge on any atom is -0.487 e. The van der Waals surface area contributed by atoms with Gasteiger partial charge in [-0.15, -0.1) is 11.3 Å². The molecule has 5 nitrogen and oxygen atoms in total. The molecule has 2 rings (SSSR count). The van der Waals surface area contributed by atoms with Crippen LogP contribution in [0.5, 0.6) is 5.06 Å². The molecule has 0 radical (unpaired) electrons. The van der Waals surface area contributed by atoms with Crippen LogP contribution in [0, 0.1) is 5.92 Å². The SMILES string of the molecule is COc1ccc(C2CNC(=O)C2C(=O)O)s1. The highest BCUT2D eigenvalue weighted by Gasteiger charge is 2.41. The van der Waals surface area contributed by atoms with Crippen LogP contribution < -0.4 is 10.1 Å². The maximum Gasteiger partial charge on any atom is 0.316 e. The van der Waals surface area contributed by atoms with Crippen LogP contribution in [0.3, 0.4) is 0 Å². The van der Waals surface area contributed by atoms with E-state index in [1.165, 1.54) is 11.3 Å². The summed E-state index contributed by atoms with van der Waals surface area (Å²) in [6, 6.07) is 3.59. The van der Waals surface area contributed by atoms with E-state index < -0.39 is 17.8 Å². The molecule has 86 valence electrons. The average Bonchev–Trinajstić information content (AvgIpc) is 2.82. The van der Waals surface area contributed by atoms with Gasteiger partial charge in [-0.3, -0.25) is 9.59 Å². The molecule has 0 bridgehead atoms. The van der Waals surface area contributed by atoms with Crippen LogP contribution >= 0.6 is 11.3 Å². The Morgan fingerprint density at radius 3 is 2.94 bits per heavy atom. The van der Waals surface area contributed by atoms with Gasteiger partial charge in [-0.05, 0) is 12.1 Å². The molecule has 1 aromatic heterocycles. The lowest BCUT2D eigenvalue weighted by atomic mass is 9.94. The van der Waals surface area contributed by atoms with Gasteiger partial charge in [-0.25, -0.2) is 0 Å². The predicted molar refractivity (Wildman–Crippen MR) is 57.7 cm³/mol. The molecule has 1 amide bonds. The van der Waals surface area contributed by atoms with E-state index in [9.17, 15) is 9.59 Å². The second-order valence-electron chi connectivity index (χ2n) is 3.53. The van der Waals surface area contributed by atoms with Gasteiger partial charge in [0.05, 0.1) is 7.11 Å². The Morgan fingerprint density at radius 2 is 2.38 bits per heavy atom. The average molecular weight is 241 g/mol. The number of carbonyl (C=O) groups is 2. The Morgan fingerprint density at radius 1 is 1.62 bits per heavy atom. The van der Waals surface area contributed by atoms with Gasteiger partial charge in [0.15, 0.2) is 5.06 Å². The zero-order chi connectivity index (χ0) is 11.7. The van der Waals surface area contributed by atoms with Crippen molar-refractivity contribution in [1.82, 2.24) is 5.32 Å². The van der Waals surface area contributed by atoms with E-state index >= 15 is 0 Å². The number of nitrogens with one attached hydrogen (secondary N) is 1. The van der Waals surface area contributed by atoms with Gasteiger partial charge in [-0.2, -0.15) is 0 Å². The number of thiophene rings is 1. The van der Waals surface area contributed by atoms with E-state index in [4.69, 9.17) is 9.84 Å². The molecule has 1 saturated heterocycles. The third-order valence-corrected chi connectivity index (χ3v) is 3.79. The van der Waals surface area contributed by atoms with Crippen LogP contribution in [0.2, 0.25) is 0 Å². The molecule has 1 aromatic rings. The fourth-order valence-electron chi connectivity index (χ4n) is 1.81. The summed E-state index contributed by atoms with van der Waals surface area (Å²) in [5.74, 6) is -2.76. The first-order chi connectivity index (χ1) is 7.63. The monoisotopic (exact) mass is 241 g/mol. The molecule has 0 spiro atoms. The van der Waals surface area contributed by atoms with E-state index in [2.05, 4.69) is 5.32 Å². The molecule has 1 fully saturated rings. The highest BCUT2D eigenvalue weighted by atomic mass is 32.1. The zero-order valence-corrected chi connectivity index (χ0v) is 9.41. The fraction of sp³-hybridized carbons (Fsp3) is 0.400. The Hall–Kier alpha value is -1.56. The van der Waals surface area contributed by atoms with Gasteiger partial charge < -0.3 is 15.2 Å². The molecule has 2 atom stereocenters. The van der Waals surface area contributed by atoms with E-state index in [1.54, 1.807) is 13.2 Å². The first-order valence-corrected chi connectivity index (χ1v) is 5.59. The van der Waals surface area contributed by atoms with Gasteiger partial charge in [0.25, 0.3) is 0 Å². The lowest BCUT2D eigenvalue weighted by molar-refractivity contribution is -0.145. The number of hydrogen-bond donors (Lipinski definition) is 2. The van der Waals surface area contributed by atoms with Crippen molar-refractivity contribution in [3.05, 3.63) is 17.0 Å². The standard InChI is InChI=1S/C10H11NO4S/c1-15-7-3-2-6(16-7)5-4-11-9(12)8(5)10(13)14/h2-3,5,8H,4H2,1H3,(H,11,12)(H,13,14). The molecule has 0 saturated carbocycles. The molecule has 2 heterocycles. The van der Waals surface area contributed by atoms with Gasteiger partial charge in [0.1, 0.15) is 5.92 Å². The molecule has 0 aliphatic carbocycles. The van der Waals surface area contributed by atoms with Crippen LogP contribution in [0.1, 0.15) is 10.8 Å². The quantitative estimate of drug-likeness (QED) is 0.763. The number of carbonyl (C=O) groups excluding carboxylic acids is 1. The van der Waals surface area contributed by atoms with Gasteiger partial charge >= 0.3 is 5.97 Å². The van der Waals surface area contributed by atoms with Crippen LogP contribution in [0.15, 0.2) is 12.1 Å². The van der Waals surface area contributed by atoms with Crippen LogP contribution in [0.25, 0.3) is 0 Å². The number of rotatable bonds is 3. The molecule has 6 heteroatoms. The van der Waals surface area contributed by atoms with Crippen molar-refractivity contribution in [2.75, 3.05) is 13.7 Å². The van der Waals surface area contributed by atoms with Crippen molar-refractivity contribution in [1.29, 1.82) is 0 Å². The Kier molecular flexibility index (Phi) is 2.82. The maximum absolute atomic E-state index is 11.4. The van der Waals surface area contributed by atoms with Crippen LogP contribution in [-0.2, 0) is 9.59 Å². The molecule has 0 aromatic carbocycles. The lowest BCUT2D eigenvalue weighted by Gasteiger charge is -2.09. The number of methoxy groups -OCH3 is 1. The van der Waals surface area contributed by atoms with Crippen molar-refractivity contribution in [2.24, 2.45) is 5.92 Å². The first-order valence-electron chi connectivity index (χ1n) is 4.77. The third kappa shape index (κ3) is 1.76. The summed E-state index contributed by atoms with van der Waals surface area (Å²) in [4.78, 5) is 23.2. The van der Waals surface area contributed by atoms with Crippen molar-refractivity contribution in [2.45, 2.75) is 5.92 Å². The van der Waals surface area contributed by atoms with Crippen molar-refractivity contribution in [3.63, 3.8) is 0 Å². The minimum absolute atomic E-state index is 0.293. The molecule has 1 aliphatic heterocycles. The second kappa shape index (κ2) is 4.13. The molecule has 2 N–H and O–H groups in total. The molecular formula is C10H11NO4S. The number of aliphatic carboxylic acids is 1. The topological polar surface area (TPSA) is 75.6 Å². The van der Waals surface area contributed by atoms with Crippen molar-refractivity contribution in [3.8, 4) is 5.06 Å². The largest absolute Gasteiger partial charge is 0.487 e. The summed E-state index contributed by atoms with van der Waals surface area (Å²) in [5.41, 5.74) is 0. The zero-order valence-electron chi connectivity index (χ0n) is 8.60. The van der Waals surface area contributed by atoms with Gasteiger partial charge in [0.2, 0.25) is 5.91 Å². The third-order valence-electron chi connectivity index (χ3n) is 2.62. The fourth-order valence-corrected chi connectivity index (χ4v) is 2.77. The van der Waals surface area contributed by atoms with Crippen molar-refractivity contribution < 1.29 is 19.4 Å². The Balaban J connectivity index is 2.26. The van der Waals surface area contributed by atoms with Gasteiger partial charge in [0, 0.05) is 17.3 Å². The van der Waals surface area contributed by atoms with E-state index in [0.29, 0.717) is 6.54 Å². The second-order valence-corrected chi connectivity index (χ2v) is 4.61. The molecule has 1 aliphatic rings. The minimum atomic E-state index is -1.08. The lowest BCUT2D eigenvalue weighted by Crippen LogP contribution is -2.26. The number of amides is 1. The highest BCUT2D eigenvalue weighted by molar-refractivity contribution is 7.13. The smallest absolute Gasteiger partial charge is 0.316 e. The van der Waals surface area contributed by atoms with Gasteiger partial charge in [-0.1, -0.05) is 0 Å². The molecular weight excluding hydrogens is 230 g/mol. The van der Waals surface area contributed by atoms with Crippen molar-refractivity contribution >= 4 is 23.2 Å². The number of hydrogen-bond acceptors (Lipinski definition) is 4. The number of carboxylic acids is 1. The summed E-state index contributed by atoms with van der Waals surface area (Å²) in [6.07, 6.45) is 0. The Labute approximate surface area is 96.0 Å². The van der Waals surface area contributed by atoms with Crippen LogP contribution in [0.4, 0.5) is 0 Å². The first kappa shape index (κ1) is 10.9.